The molecule has 0 radical (unpaired) electrons. The van der Waals surface area contributed by atoms with Crippen LogP contribution in [0.3, 0.4) is 0 Å². The van der Waals surface area contributed by atoms with Crippen molar-refractivity contribution in [1.82, 2.24) is 0 Å². The Morgan fingerprint density at radius 1 is 1.27 bits per heavy atom. The van der Waals surface area contributed by atoms with Crippen LogP contribution < -0.4 is 0 Å². The lowest BCUT2D eigenvalue weighted by Crippen LogP contribution is -2.34. The molecule has 0 saturated heterocycles. The molecule has 0 amide bonds. The quantitative estimate of drug-likeness (QED) is 0.551. The van der Waals surface area contributed by atoms with Gasteiger partial charge in [0.1, 0.15) is 11.5 Å². The predicted octanol–water partition coefficient (Wildman–Crippen LogP) is 3.37. The zero-order valence-electron chi connectivity index (χ0n) is 9.83. The number of halogens is 1. The van der Waals surface area contributed by atoms with Gasteiger partial charge in [0.2, 0.25) is 0 Å². The van der Waals surface area contributed by atoms with Crippen molar-refractivity contribution in [2.24, 2.45) is 11.8 Å². The molecular weight excluding hydrogens is 212 g/mol. The standard InChI is InChI=1S/C12H21ClO2/c1-8(2)10-6-4-5-7-11(10)15-12(14)9(3)13/h8-11H,4-7H2,1-3H3. The smallest absolute Gasteiger partial charge is 0.324 e. The Bertz CT molecular complexity index is 214. The van der Waals surface area contributed by atoms with Gasteiger partial charge in [-0.2, -0.15) is 0 Å². The average Bonchev–Trinajstić information content (AvgIpc) is 2.18. The van der Waals surface area contributed by atoms with Crippen molar-refractivity contribution in [3.8, 4) is 0 Å². The molecule has 15 heavy (non-hydrogen) atoms. The first-order valence-electron chi connectivity index (χ1n) is 5.87. The van der Waals surface area contributed by atoms with Crippen LogP contribution in [0, 0.1) is 11.8 Å². The lowest BCUT2D eigenvalue weighted by molar-refractivity contribution is -0.153. The van der Waals surface area contributed by atoms with Gasteiger partial charge in [0.25, 0.3) is 0 Å². The monoisotopic (exact) mass is 232 g/mol. The van der Waals surface area contributed by atoms with E-state index in [0.717, 1.165) is 12.8 Å². The fourth-order valence-electron chi connectivity index (χ4n) is 2.28. The number of carbonyl (C=O) groups excluding carboxylic acids is 1. The van der Waals surface area contributed by atoms with E-state index in [2.05, 4.69) is 13.8 Å². The van der Waals surface area contributed by atoms with Crippen LogP contribution >= 0.6 is 11.6 Å². The van der Waals surface area contributed by atoms with Crippen molar-refractivity contribution in [1.29, 1.82) is 0 Å². The summed E-state index contributed by atoms with van der Waals surface area (Å²) in [7, 11) is 0. The summed E-state index contributed by atoms with van der Waals surface area (Å²) in [5.41, 5.74) is 0. The Morgan fingerprint density at radius 3 is 2.40 bits per heavy atom. The summed E-state index contributed by atoms with van der Waals surface area (Å²) in [5.74, 6) is 0.820. The van der Waals surface area contributed by atoms with Crippen LogP contribution in [-0.2, 0) is 9.53 Å². The third-order valence-electron chi connectivity index (χ3n) is 3.20. The van der Waals surface area contributed by atoms with Crippen LogP contribution in [0.25, 0.3) is 0 Å². The first kappa shape index (κ1) is 12.8. The van der Waals surface area contributed by atoms with Crippen LogP contribution in [0.1, 0.15) is 46.5 Å². The average molecular weight is 233 g/mol. The van der Waals surface area contributed by atoms with Gasteiger partial charge in [-0.15, -0.1) is 11.6 Å². The molecular formula is C12H21ClO2. The lowest BCUT2D eigenvalue weighted by atomic mass is 9.79. The molecule has 0 bridgehead atoms. The van der Waals surface area contributed by atoms with E-state index in [9.17, 15) is 4.79 Å². The zero-order chi connectivity index (χ0) is 11.4. The molecule has 1 fully saturated rings. The minimum atomic E-state index is -0.528. The van der Waals surface area contributed by atoms with Gasteiger partial charge in [-0.1, -0.05) is 20.3 Å². The second kappa shape index (κ2) is 5.74. The number of alkyl halides is 1. The van der Waals surface area contributed by atoms with E-state index in [-0.39, 0.29) is 12.1 Å². The van der Waals surface area contributed by atoms with Gasteiger partial charge in [0, 0.05) is 0 Å². The summed E-state index contributed by atoms with van der Waals surface area (Å²) in [5, 5.41) is -0.528. The van der Waals surface area contributed by atoms with Gasteiger partial charge in [-0.05, 0) is 38.0 Å². The maximum atomic E-state index is 11.4. The fourth-order valence-corrected chi connectivity index (χ4v) is 2.33. The first-order chi connectivity index (χ1) is 7.02. The maximum Gasteiger partial charge on any atom is 0.324 e. The van der Waals surface area contributed by atoms with Crippen molar-refractivity contribution < 1.29 is 9.53 Å². The zero-order valence-corrected chi connectivity index (χ0v) is 10.6. The van der Waals surface area contributed by atoms with Crippen molar-refractivity contribution in [3.05, 3.63) is 0 Å². The number of carbonyl (C=O) groups is 1. The Morgan fingerprint density at radius 2 is 1.87 bits per heavy atom. The van der Waals surface area contributed by atoms with E-state index >= 15 is 0 Å². The summed E-state index contributed by atoms with van der Waals surface area (Å²) in [6, 6.07) is 0. The Balaban J connectivity index is 2.53. The molecule has 2 nitrogen and oxygen atoms in total. The number of hydrogen-bond donors (Lipinski definition) is 0. The highest BCUT2D eigenvalue weighted by Gasteiger charge is 2.31. The molecule has 3 heteroatoms. The highest BCUT2D eigenvalue weighted by molar-refractivity contribution is 6.29. The van der Waals surface area contributed by atoms with Gasteiger partial charge in [-0.3, -0.25) is 4.79 Å². The Hall–Kier alpha value is -0.240. The van der Waals surface area contributed by atoms with Gasteiger partial charge in [0.15, 0.2) is 0 Å². The Labute approximate surface area is 97.3 Å². The minimum Gasteiger partial charge on any atom is -0.461 e. The summed E-state index contributed by atoms with van der Waals surface area (Å²) >= 11 is 5.70. The third-order valence-corrected chi connectivity index (χ3v) is 3.38. The molecule has 3 atom stereocenters. The first-order valence-corrected chi connectivity index (χ1v) is 6.30. The Kier molecular flexibility index (Phi) is 4.91. The summed E-state index contributed by atoms with van der Waals surface area (Å²) in [4.78, 5) is 11.4. The molecule has 1 rings (SSSR count). The van der Waals surface area contributed by atoms with Crippen molar-refractivity contribution in [3.63, 3.8) is 0 Å². The van der Waals surface area contributed by atoms with Crippen LogP contribution in [0.2, 0.25) is 0 Å². The summed E-state index contributed by atoms with van der Waals surface area (Å²) in [6.07, 6.45) is 4.68. The predicted molar refractivity (Wildman–Crippen MR) is 62.0 cm³/mol. The molecule has 0 spiro atoms. The van der Waals surface area contributed by atoms with Crippen LogP contribution in [0.4, 0.5) is 0 Å². The molecule has 0 N–H and O–H groups in total. The van der Waals surface area contributed by atoms with Crippen LogP contribution in [-0.4, -0.2) is 17.5 Å². The summed E-state index contributed by atoms with van der Waals surface area (Å²) < 4.78 is 5.46. The van der Waals surface area contributed by atoms with Gasteiger partial charge in [0.05, 0.1) is 0 Å². The molecule has 1 saturated carbocycles. The van der Waals surface area contributed by atoms with E-state index in [1.54, 1.807) is 6.92 Å². The molecule has 0 aromatic heterocycles. The second-order valence-electron chi connectivity index (χ2n) is 4.78. The van der Waals surface area contributed by atoms with Crippen molar-refractivity contribution in [2.75, 3.05) is 0 Å². The molecule has 3 unspecified atom stereocenters. The van der Waals surface area contributed by atoms with Crippen molar-refractivity contribution >= 4 is 17.6 Å². The second-order valence-corrected chi connectivity index (χ2v) is 5.44. The van der Waals surface area contributed by atoms with Gasteiger partial charge in [-0.25, -0.2) is 0 Å². The van der Waals surface area contributed by atoms with Gasteiger partial charge >= 0.3 is 5.97 Å². The van der Waals surface area contributed by atoms with Crippen LogP contribution in [0.5, 0.6) is 0 Å². The lowest BCUT2D eigenvalue weighted by Gasteiger charge is -2.34. The number of hydrogen-bond acceptors (Lipinski definition) is 2. The number of rotatable bonds is 3. The molecule has 0 aromatic carbocycles. The topological polar surface area (TPSA) is 26.3 Å². The van der Waals surface area contributed by atoms with E-state index in [1.807, 2.05) is 0 Å². The molecule has 0 aliphatic heterocycles. The number of esters is 1. The van der Waals surface area contributed by atoms with E-state index in [0.29, 0.717) is 11.8 Å². The largest absolute Gasteiger partial charge is 0.461 e. The van der Waals surface area contributed by atoms with Crippen LogP contribution in [0.15, 0.2) is 0 Å². The maximum absolute atomic E-state index is 11.4. The van der Waals surface area contributed by atoms with E-state index in [4.69, 9.17) is 16.3 Å². The minimum absolute atomic E-state index is 0.0902. The molecule has 88 valence electrons. The SMILES string of the molecule is CC(Cl)C(=O)OC1CCCCC1C(C)C. The fraction of sp³-hybridized carbons (Fsp3) is 0.917. The molecule has 0 aromatic rings. The normalized spacial score (nSPS) is 28.9. The van der Waals surface area contributed by atoms with Crippen molar-refractivity contribution in [2.45, 2.75) is 57.9 Å². The molecule has 1 aliphatic rings. The van der Waals surface area contributed by atoms with E-state index in [1.165, 1.54) is 12.8 Å². The van der Waals surface area contributed by atoms with Gasteiger partial charge < -0.3 is 4.74 Å². The third kappa shape index (κ3) is 3.67. The highest BCUT2D eigenvalue weighted by Crippen LogP contribution is 2.32. The molecule has 0 heterocycles. The number of ether oxygens (including phenoxy) is 1. The van der Waals surface area contributed by atoms with E-state index < -0.39 is 5.38 Å². The summed E-state index contributed by atoms with van der Waals surface area (Å²) in [6.45, 7) is 6.05. The highest BCUT2D eigenvalue weighted by atomic mass is 35.5. The molecule has 1 aliphatic carbocycles.